The van der Waals surface area contributed by atoms with Gasteiger partial charge in [-0.3, -0.25) is 0 Å². The van der Waals surface area contributed by atoms with E-state index in [0.717, 1.165) is 24.7 Å². The maximum absolute atomic E-state index is 4.58. The summed E-state index contributed by atoms with van der Waals surface area (Å²) in [5, 5.41) is 3.21. The average molecular weight is 262 g/mol. The molecule has 4 heteroatoms. The van der Waals surface area contributed by atoms with Gasteiger partial charge in [0.05, 0.1) is 0 Å². The highest BCUT2D eigenvalue weighted by Gasteiger charge is 2.19. The first-order chi connectivity index (χ1) is 9.24. The molecule has 1 aliphatic rings. The first-order valence-corrected chi connectivity index (χ1v) is 7.51. The van der Waals surface area contributed by atoms with Gasteiger partial charge in [-0.05, 0) is 18.8 Å². The first kappa shape index (κ1) is 14.1. The average Bonchev–Trinajstić information content (AvgIpc) is 2.37. The molecule has 0 spiro atoms. The third-order valence-corrected chi connectivity index (χ3v) is 3.83. The Morgan fingerprint density at radius 2 is 1.68 bits per heavy atom. The van der Waals surface area contributed by atoms with E-state index in [9.17, 15) is 0 Å². The molecule has 0 aliphatic carbocycles. The van der Waals surface area contributed by atoms with E-state index in [1.165, 1.54) is 37.7 Å². The van der Waals surface area contributed by atoms with Gasteiger partial charge in [0.25, 0.3) is 0 Å². The lowest BCUT2D eigenvalue weighted by molar-refractivity contribution is 0.551. The zero-order chi connectivity index (χ0) is 13.7. The highest BCUT2D eigenvalue weighted by Crippen LogP contribution is 2.31. The zero-order valence-electron chi connectivity index (χ0n) is 12.4. The van der Waals surface area contributed by atoms with Gasteiger partial charge in [0.1, 0.15) is 18.0 Å². The third-order valence-electron chi connectivity index (χ3n) is 3.83. The predicted octanol–water partition coefficient (Wildman–Crippen LogP) is 3.41. The Balaban J connectivity index is 2.30. The minimum absolute atomic E-state index is 0.434. The van der Waals surface area contributed by atoms with E-state index in [2.05, 4.69) is 34.0 Å². The molecule has 1 N–H and O–H groups in total. The van der Waals surface area contributed by atoms with Gasteiger partial charge < -0.3 is 10.2 Å². The molecular weight excluding hydrogens is 236 g/mol. The van der Waals surface area contributed by atoms with E-state index in [0.29, 0.717) is 5.92 Å². The van der Waals surface area contributed by atoms with Gasteiger partial charge >= 0.3 is 0 Å². The molecule has 0 amide bonds. The molecule has 1 aromatic rings. The third kappa shape index (κ3) is 3.37. The van der Waals surface area contributed by atoms with E-state index in [4.69, 9.17) is 0 Å². The fraction of sp³-hybridized carbons (Fsp3) is 0.733. The SMILES string of the molecule is CNc1ncnc(N2CCCCCCC2)c1C(C)C. The molecule has 4 nitrogen and oxygen atoms in total. The Labute approximate surface area is 116 Å². The van der Waals surface area contributed by atoms with E-state index in [1.54, 1.807) is 6.33 Å². The molecule has 19 heavy (non-hydrogen) atoms. The maximum atomic E-state index is 4.58. The highest BCUT2D eigenvalue weighted by atomic mass is 15.2. The number of nitrogens with zero attached hydrogens (tertiary/aromatic N) is 3. The number of hydrogen-bond acceptors (Lipinski definition) is 4. The Morgan fingerprint density at radius 1 is 1.05 bits per heavy atom. The van der Waals surface area contributed by atoms with Gasteiger partial charge in [-0.2, -0.15) is 0 Å². The standard InChI is InChI=1S/C15H26N4/c1-12(2)13-14(16-3)17-11-18-15(13)19-9-7-5-4-6-8-10-19/h11-12H,4-10H2,1-3H3,(H,16,17,18). The summed E-state index contributed by atoms with van der Waals surface area (Å²) in [6.45, 7) is 6.68. The van der Waals surface area contributed by atoms with Crippen LogP contribution in [0.5, 0.6) is 0 Å². The fourth-order valence-electron chi connectivity index (χ4n) is 2.83. The molecule has 0 saturated carbocycles. The molecule has 2 heterocycles. The summed E-state index contributed by atoms with van der Waals surface area (Å²) in [7, 11) is 1.94. The number of aromatic nitrogens is 2. The van der Waals surface area contributed by atoms with Gasteiger partial charge in [-0.1, -0.05) is 33.1 Å². The van der Waals surface area contributed by atoms with Crippen LogP contribution in [-0.2, 0) is 0 Å². The Kier molecular flexibility index (Phi) is 5.00. The molecule has 2 rings (SSSR count). The number of hydrogen-bond donors (Lipinski definition) is 1. The van der Waals surface area contributed by atoms with E-state index in [1.807, 2.05) is 7.05 Å². The van der Waals surface area contributed by atoms with Crippen molar-refractivity contribution in [2.45, 2.75) is 51.9 Å². The lowest BCUT2D eigenvalue weighted by Gasteiger charge is -2.29. The molecule has 1 aliphatic heterocycles. The number of anilines is 2. The zero-order valence-corrected chi connectivity index (χ0v) is 12.4. The molecule has 0 unspecified atom stereocenters. The maximum Gasteiger partial charge on any atom is 0.137 e. The molecule has 0 aromatic carbocycles. The Morgan fingerprint density at radius 3 is 2.26 bits per heavy atom. The van der Waals surface area contributed by atoms with Gasteiger partial charge in [0.15, 0.2) is 0 Å². The van der Waals surface area contributed by atoms with Crippen molar-refractivity contribution in [3.8, 4) is 0 Å². The molecule has 1 saturated heterocycles. The largest absolute Gasteiger partial charge is 0.373 e. The van der Waals surface area contributed by atoms with Crippen molar-refractivity contribution in [2.24, 2.45) is 0 Å². The molecule has 1 aromatic heterocycles. The van der Waals surface area contributed by atoms with Crippen LogP contribution < -0.4 is 10.2 Å². The van der Waals surface area contributed by atoms with Gasteiger partial charge in [-0.15, -0.1) is 0 Å². The lowest BCUT2D eigenvalue weighted by atomic mass is 10.0. The number of rotatable bonds is 3. The Bertz CT molecular complexity index is 395. The molecule has 0 bridgehead atoms. The van der Waals surface area contributed by atoms with Gasteiger partial charge in [0.2, 0.25) is 0 Å². The summed E-state index contributed by atoms with van der Waals surface area (Å²) in [4.78, 5) is 11.4. The van der Waals surface area contributed by atoms with Crippen LogP contribution in [-0.4, -0.2) is 30.1 Å². The quantitative estimate of drug-likeness (QED) is 0.906. The molecule has 0 radical (unpaired) electrons. The summed E-state index contributed by atoms with van der Waals surface area (Å²) >= 11 is 0. The smallest absolute Gasteiger partial charge is 0.137 e. The Hall–Kier alpha value is -1.32. The van der Waals surface area contributed by atoms with Crippen molar-refractivity contribution < 1.29 is 0 Å². The number of nitrogens with one attached hydrogen (secondary N) is 1. The minimum atomic E-state index is 0.434. The summed E-state index contributed by atoms with van der Waals surface area (Å²) in [6.07, 6.45) is 8.31. The van der Waals surface area contributed by atoms with Crippen LogP contribution in [0, 0.1) is 0 Å². The monoisotopic (exact) mass is 262 g/mol. The summed E-state index contributed by atoms with van der Waals surface area (Å²) in [5.74, 6) is 2.54. The van der Waals surface area contributed by atoms with Crippen molar-refractivity contribution in [3.63, 3.8) is 0 Å². The first-order valence-electron chi connectivity index (χ1n) is 7.51. The van der Waals surface area contributed by atoms with Crippen molar-refractivity contribution in [1.29, 1.82) is 0 Å². The van der Waals surface area contributed by atoms with Crippen molar-refractivity contribution in [2.75, 3.05) is 30.4 Å². The molecule has 0 atom stereocenters. The highest BCUT2D eigenvalue weighted by molar-refractivity contribution is 5.60. The van der Waals surface area contributed by atoms with Crippen LogP contribution in [0.1, 0.15) is 57.4 Å². The van der Waals surface area contributed by atoms with Crippen molar-refractivity contribution >= 4 is 11.6 Å². The topological polar surface area (TPSA) is 41.1 Å². The second-order valence-corrected chi connectivity index (χ2v) is 5.62. The van der Waals surface area contributed by atoms with Crippen molar-refractivity contribution in [1.82, 2.24) is 9.97 Å². The molecule has 1 fully saturated rings. The summed E-state index contributed by atoms with van der Waals surface area (Å²) in [5.41, 5.74) is 1.26. The molecule has 106 valence electrons. The normalized spacial score (nSPS) is 17.2. The van der Waals surface area contributed by atoms with Gasteiger partial charge in [0, 0.05) is 25.7 Å². The van der Waals surface area contributed by atoms with Crippen LogP contribution in [0.25, 0.3) is 0 Å². The van der Waals surface area contributed by atoms with E-state index in [-0.39, 0.29) is 0 Å². The van der Waals surface area contributed by atoms with E-state index >= 15 is 0 Å². The van der Waals surface area contributed by atoms with Gasteiger partial charge in [-0.25, -0.2) is 9.97 Å². The lowest BCUT2D eigenvalue weighted by Crippen LogP contribution is -2.29. The predicted molar refractivity (Wildman–Crippen MR) is 81.0 cm³/mol. The molecular formula is C15H26N4. The summed E-state index contributed by atoms with van der Waals surface area (Å²) in [6, 6.07) is 0. The summed E-state index contributed by atoms with van der Waals surface area (Å²) < 4.78 is 0. The van der Waals surface area contributed by atoms with Crippen LogP contribution >= 0.6 is 0 Å². The van der Waals surface area contributed by atoms with Crippen molar-refractivity contribution in [3.05, 3.63) is 11.9 Å². The van der Waals surface area contributed by atoms with Crippen LogP contribution in [0.3, 0.4) is 0 Å². The fourth-order valence-corrected chi connectivity index (χ4v) is 2.83. The van der Waals surface area contributed by atoms with Crippen LogP contribution in [0.2, 0.25) is 0 Å². The van der Waals surface area contributed by atoms with Crippen LogP contribution in [0.4, 0.5) is 11.6 Å². The second-order valence-electron chi connectivity index (χ2n) is 5.62. The second kappa shape index (κ2) is 6.73. The van der Waals surface area contributed by atoms with E-state index < -0.39 is 0 Å². The minimum Gasteiger partial charge on any atom is -0.373 e. The van der Waals surface area contributed by atoms with Crippen LogP contribution in [0.15, 0.2) is 6.33 Å².